The molecule has 10 heteroatoms. The van der Waals surface area contributed by atoms with E-state index in [1.807, 2.05) is 0 Å². The number of nitrogens with zero attached hydrogens (tertiary/aromatic N) is 1. The Bertz CT molecular complexity index is 794. The van der Waals surface area contributed by atoms with Crippen molar-refractivity contribution >= 4 is 45.1 Å². The molecule has 0 aliphatic heterocycles. The van der Waals surface area contributed by atoms with Gasteiger partial charge in [0, 0.05) is 17.6 Å². The van der Waals surface area contributed by atoms with Gasteiger partial charge in [0.1, 0.15) is 5.82 Å². The van der Waals surface area contributed by atoms with Crippen LogP contribution in [0.3, 0.4) is 0 Å². The van der Waals surface area contributed by atoms with Crippen molar-refractivity contribution in [2.45, 2.75) is 13.1 Å². The summed E-state index contributed by atoms with van der Waals surface area (Å²) < 4.78 is 39.3. The normalized spacial score (nSPS) is 10.9. The molecule has 2 rings (SSSR count). The molecule has 3 N–H and O–H groups in total. The molecule has 0 aliphatic rings. The van der Waals surface area contributed by atoms with E-state index in [9.17, 15) is 22.8 Å². The number of halogens is 4. The number of amides is 3. The lowest BCUT2D eigenvalue weighted by Crippen LogP contribution is -2.22. The lowest BCUT2D eigenvalue weighted by molar-refractivity contribution is -0.137. The van der Waals surface area contributed by atoms with Gasteiger partial charge in [0.2, 0.25) is 5.91 Å². The van der Waals surface area contributed by atoms with Gasteiger partial charge in [-0.1, -0.05) is 0 Å². The number of rotatable bonds is 3. The first-order valence-electron chi connectivity index (χ1n) is 6.83. The van der Waals surface area contributed by atoms with Gasteiger partial charge in [-0.3, -0.25) is 10.1 Å². The molecule has 0 unspecified atom stereocenters. The van der Waals surface area contributed by atoms with Gasteiger partial charge in [-0.25, -0.2) is 9.78 Å². The number of benzene rings is 1. The molecule has 0 atom stereocenters. The molecule has 1 heterocycles. The van der Waals surface area contributed by atoms with E-state index in [0.29, 0.717) is 4.47 Å². The van der Waals surface area contributed by atoms with E-state index < -0.39 is 23.7 Å². The molecule has 0 saturated heterocycles. The van der Waals surface area contributed by atoms with Crippen LogP contribution in [-0.2, 0) is 11.0 Å². The van der Waals surface area contributed by atoms with E-state index in [1.54, 1.807) is 6.07 Å². The van der Waals surface area contributed by atoms with Crippen LogP contribution in [0.4, 0.5) is 35.2 Å². The number of carbonyl (C=O) groups excluding carboxylic acids is 2. The van der Waals surface area contributed by atoms with Crippen molar-refractivity contribution in [3.63, 3.8) is 0 Å². The van der Waals surface area contributed by atoms with Crippen LogP contribution in [0.15, 0.2) is 41.0 Å². The van der Waals surface area contributed by atoms with Crippen LogP contribution in [0.5, 0.6) is 0 Å². The summed E-state index contributed by atoms with van der Waals surface area (Å²) in [6, 6.07) is 4.95. The highest BCUT2D eigenvalue weighted by Crippen LogP contribution is 2.34. The number of urea groups is 1. The molecule has 0 spiro atoms. The number of carbonyl (C=O) groups is 2. The third kappa shape index (κ3) is 5.45. The maximum Gasteiger partial charge on any atom is 0.416 e. The maximum absolute atomic E-state index is 12.9. The molecule has 6 nitrogen and oxygen atoms in total. The summed E-state index contributed by atoms with van der Waals surface area (Å²) in [5.41, 5.74) is -1.11. The summed E-state index contributed by atoms with van der Waals surface area (Å²) in [6.07, 6.45) is -3.14. The highest BCUT2D eigenvalue weighted by molar-refractivity contribution is 9.10. The monoisotopic (exact) mass is 416 g/mol. The van der Waals surface area contributed by atoms with E-state index >= 15 is 0 Å². The fraction of sp³-hybridized carbons (Fsp3) is 0.133. The van der Waals surface area contributed by atoms with Crippen LogP contribution < -0.4 is 16.0 Å². The predicted octanol–water partition coefficient (Wildman–Crippen LogP) is 4.47. The smallest absolute Gasteiger partial charge is 0.325 e. The van der Waals surface area contributed by atoms with Gasteiger partial charge in [-0.15, -0.1) is 0 Å². The van der Waals surface area contributed by atoms with E-state index in [4.69, 9.17) is 0 Å². The molecular weight excluding hydrogens is 405 g/mol. The number of nitrogens with one attached hydrogen (secondary N) is 3. The molecule has 1 aromatic carbocycles. The minimum absolute atomic E-state index is 0.0411. The van der Waals surface area contributed by atoms with Crippen molar-refractivity contribution in [3.8, 4) is 0 Å². The van der Waals surface area contributed by atoms with Gasteiger partial charge >= 0.3 is 12.2 Å². The lowest BCUT2D eigenvalue weighted by Gasteiger charge is -2.15. The van der Waals surface area contributed by atoms with Crippen LogP contribution in [0.25, 0.3) is 0 Å². The van der Waals surface area contributed by atoms with Crippen LogP contribution >= 0.6 is 15.9 Å². The van der Waals surface area contributed by atoms with E-state index in [-0.39, 0.29) is 17.2 Å². The second-order valence-corrected chi connectivity index (χ2v) is 5.80. The van der Waals surface area contributed by atoms with Gasteiger partial charge in [-0.05, 0) is 46.3 Å². The van der Waals surface area contributed by atoms with Gasteiger partial charge in [0.25, 0.3) is 0 Å². The first-order valence-corrected chi connectivity index (χ1v) is 7.63. The Morgan fingerprint density at radius 2 is 1.76 bits per heavy atom. The Labute approximate surface area is 149 Å². The minimum atomic E-state index is -4.59. The Morgan fingerprint density at radius 1 is 1.04 bits per heavy atom. The molecular formula is C15H12BrF3N4O2. The van der Waals surface area contributed by atoms with Crippen molar-refractivity contribution in [2.24, 2.45) is 0 Å². The Morgan fingerprint density at radius 3 is 2.32 bits per heavy atom. The Hall–Kier alpha value is -2.62. The zero-order valence-electron chi connectivity index (χ0n) is 12.7. The fourth-order valence-electron chi connectivity index (χ4n) is 1.84. The molecule has 0 saturated carbocycles. The standard InChI is InChI=1S/C15H12BrF3N4O2/c1-8(24)21-11-4-2-9(15(17,18)19)6-12(11)22-14(25)23-13-5-3-10(16)7-20-13/h2-7H,1H3,(H,21,24)(H2,20,22,23,25). The highest BCUT2D eigenvalue weighted by atomic mass is 79.9. The zero-order chi connectivity index (χ0) is 18.6. The largest absolute Gasteiger partial charge is 0.416 e. The molecule has 3 amide bonds. The van der Waals surface area contributed by atoms with Crippen LogP contribution in [0, 0.1) is 0 Å². The Kier molecular flexibility index (Phi) is 5.62. The Balaban J connectivity index is 2.23. The number of hydrogen-bond donors (Lipinski definition) is 3. The number of anilines is 3. The van der Waals surface area contributed by atoms with Crippen LogP contribution in [0.2, 0.25) is 0 Å². The molecule has 0 radical (unpaired) electrons. The van der Waals surface area contributed by atoms with E-state index in [1.165, 1.54) is 19.2 Å². The predicted molar refractivity (Wildman–Crippen MR) is 90.3 cm³/mol. The summed E-state index contributed by atoms with van der Waals surface area (Å²) >= 11 is 3.19. The van der Waals surface area contributed by atoms with Gasteiger partial charge in [0.05, 0.1) is 16.9 Å². The average molecular weight is 417 g/mol. The zero-order valence-corrected chi connectivity index (χ0v) is 14.3. The highest BCUT2D eigenvalue weighted by Gasteiger charge is 2.31. The summed E-state index contributed by atoms with van der Waals surface area (Å²) in [5.74, 6) is -0.286. The summed E-state index contributed by atoms with van der Waals surface area (Å²) in [4.78, 5) is 27.1. The first kappa shape index (κ1) is 18.7. The fourth-order valence-corrected chi connectivity index (χ4v) is 2.08. The molecule has 25 heavy (non-hydrogen) atoms. The van der Waals surface area contributed by atoms with Crippen LogP contribution in [0.1, 0.15) is 12.5 Å². The summed E-state index contributed by atoms with van der Waals surface area (Å²) in [5, 5.41) is 7.01. The number of hydrogen-bond acceptors (Lipinski definition) is 3. The SMILES string of the molecule is CC(=O)Nc1ccc(C(F)(F)F)cc1NC(=O)Nc1ccc(Br)cn1. The molecule has 132 valence electrons. The third-order valence-corrected chi connectivity index (χ3v) is 3.34. The van der Waals surface area contributed by atoms with Gasteiger partial charge in [-0.2, -0.15) is 13.2 Å². The molecule has 1 aromatic heterocycles. The molecule has 0 aliphatic carbocycles. The quantitative estimate of drug-likeness (QED) is 0.690. The first-order chi connectivity index (χ1) is 11.6. The summed E-state index contributed by atoms with van der Waals surface area (Å²) in [7, 11) is 0. The maximum atomic E-state index is 12.9. The minimum Gasteiger partial charge on any atom is -0.325 e. The third-order valence-electron chi connectivity index (χ3n) is 2.87. The van der Waals surface area contributed by atoms with Crippen LogP contribution in [-0.4, -0.2) is 16.9 Å². The van der Waals surface area contributed by atoms with Gasteiger partial charge in [0.15, 0.2) is 0 Å². The lowest BCUT2D eigenvalue weighted by atomic mass is 10.1. The second-order valence-electron chi connectivity index (χ2n) is 4.88. The molecule has 0 fully saturated rings. The second kappa shape index (κ2) is 7.51. The van der Waals surface area contributed by atoms with Crippen molar-refractivity contribution in [3.05, 3.63) is 46.6 Å². The van der Waals surface area contributed by atoms with Crippen molar-refractivity contribution in [1.82, 2.24) is 4.98 Å². The number of alkyl halides is 3. The van der Waals surface area contributed by atoms with Gasteiger partial charge < -0.3 is 10.6 Å². The van der Waals surface area contributed by atoms with E-state index in [0.717, 1.165) is 18.2 Å². The molecule has 0 bridgehead atoms. The van der Waals surface area contributed by atoms with Crippen molar-refractivity contribution < 1.29 is 22.8 Å². The summed E-state index contributed by atoms with van der Waals surface area (Å²) in [6.45, 7) is 1.20. The van der Waals surface area contributed by atoms with Crippen molar-refractivity contribution in [2.75, 3.05) is 16.0 Å². The number of aromatic nitrogens is 1. The number of pyridine rings is 1. The molecule has 2 aromatic rings. The van der Waals surface area contributed by atoms with E-state index in [2.05, 4.69) is 36.9 Å². The topological polar surface area (TPSA) is 83.1 Å². The average Bonchev–Trinajstić information content (AvgIpc) is 2.49. The van der Waals surface area contributed by atoms with Crippen molar-refractivity contribution in [1.29, 1.82) is 0 Å².